The van der Waals surface area contributed by atoms with E-state index >= 15 is 0 Å². The van der Waals surface area contributed by atoms with Crippen molar-refractivity contribution >= 4 is 0 Å². The number of benzene rings is 2. The van der Waals surface area contributed by atoms with Gasteiger partial charge in [0.1, 0.15) is 11.5 Å². The van der Waals surface area contributed by atoms with Crippen molar-refractivity contribution in [2.24, 2.45) is 0 Å². The molecule has 3 heteroatoms. The van der Waals surface area contributed by atoms with Gasteiger partial charge in [-0.25, -0.2) is 0 Å². The molecule has 1 atom stereocenters. The average molecular weight is 283 g/mol. The Balaban J connectivity index is 1.88. The summed E-state index contributed by atoms with van der Waals surface area (Å²) in [6.07, 6.45) is 0.192. The molecular formula is C18H21NO2. The third-order valence-electron chi connectivity index (χ3n) is 3.74. The molecule has 1 N–H and O–H groups in total. The van der Waals surface area contributed by atoms with Gasteiger partial charge >= 0.3 is 0 Å². The van der Waals surface area contributed by atoms with Crippen LogP contribution in [0.15, 0.2) is 48.5 Å². The van der Waals surface area contributed by atoms with Crippen LogP contribution in [0.25, 0.3) is 0 Å². The van der Waals surface area contributed by atoms with E-state index in [-0.39, 0.29) is 12.1 Å². The summed E-state index contributed by atoms with van der Waals surface area (Å²) in [6.45, 7) is 5.66. The van der Waals surface area contributed by atoms with Crippen molar-refractivity contribution in [3.8, 4) is 11.5 Å². The zero-order valence-corrected chi connectivity index (χ0v) is 12.5. The second-order valence-corrected chi connectivity index (χ2v) is 5.28. The Kier molecular flexibility index (Phi) is 4.23. The number of fused-ring (bicyclic) bond motifs is 2. The molecule has 0 amide bonds. The molecule has 1 aliphatic heterocycles. The van der Waals surface area contributed by atoms with Gasteiger partial charge in [0.2, 0.25) is 0 Å². The van der Waals surface area contributed by atoms with Crippen LogP contribution in [-0.2, 0) is 4.74 Å². The van der Waals surface area contributed by atoms with E-state index in [1.54, 1.807) is 0 Å². The summed E-state index contributed by atoms with van der Waals surface area (Å²) < 4.78 is 11.6. The Bertz CT molecular complexity index is 566. The van der Waals surface area contributed by atoms with Gasteiger partial charge in [0.25, 0.3) is 0 Å². The number of para-hydroxylation sites is 2. The minimum Gasteiger partial charge on any atom is -0.457 e. The second-order valence-electron chi connectivity index (χ2n) is 5.28. The van der Waals surface area contributed by atoms with Gasteiger partial charge in [0.15, 0.2) is 0 Å². The predicted octanol–water partition coefficient (Wildman–Crippen LogP) is 3.90. The highest BCUT2D eigenvalue weighted by Gasteiger charge is 2.26. The maximum atomic E-state index is 5.99. The van der Waals surface area contributed by atoms with Gasteiger partial charge in [-0.2, -0.15) is 0 Å². The Morgan fingerprint density at radius 2 is 1.62 bits per heavy atom. The monoisotopic (exact) mass is 283 g/mol. The first-order chi connectivity index (χ1) is 10.3. The molecule has 0 saturated heterocycles. The second kappa shape index (κ2) is 6.29. The van der Waals surface area contributed by atoms with Crippen molar-refractivity contribution in [3.05, 3.63) is 59.7 Å². The SMILES string of the molecule is CCOC(C)CNC1c2ccccc2Oc2ccccc21. The average Bonchev–Trinajstić information content (AvgIpc) is 2.51. The molecule has 0 aliphatic carbocycles. The summed E-state index contributed by atoms with van der Waals surface area (Å²) in [7, 11) is 0. The minimum atomic E-state index is 0.147. The van der Waals surface area contributed by atoms with Crippen LogP contribution in [0.4, 0.5) is 0 Å². The minimum absolute atomic E-state index is 0.147. The lowest BCUT2D eigenvalue weighted by Gasteiger charge is -2.29. The summed E-state index contributed by atoms with van der Waals surface area (Å²) in [6, 6.07) is 16.5. The van der Waals surface area contributed by atoms with Crippen LogP contribution in [0.3, 0.4) is 0 Å². The Morgan fingerprint density at radius 1 is 1.05 bits per heavy atom. The molecule has 2 aromatic rings. The Hall–Kier alpha value is -1.84. The lowest BCUT2D eigenvalue weighted by atomic mass is 9.94. The maximum Gasteiger partial charge on any atom is 0.132 e. The quantitative estimate of drug-likeness (QED) is 0.903. The van der Waals surface area contributed by atoms with E-state index in [1.807, 2.05) is 31.2 Å². The fraction of sp³-hybridized carbons (Fsp3) is 0.333. The van der Waals surface area contributed by atoms with Crippen LogP contribution in [-0.4, -0.2) is 19.3 Å². The standard InChI is InChI=1S/C18H21NO2/c1-3-20-13(2)12-19-18-14-8-4-6-10-16(14)21-17-11-7-5-9-15(17)18/h4-11,13,18-19H,3,12H2,1-2H3. The van der Waals surface area contributed by atoms with Crippen LogP contribution in [0.2, 0.25) is 0 Å². The molecule has 0 radical (unpaired) electrons. The summed E-state index contributed by atoms with van der Waals surface area (Å²) in [5, 5.41) is 3.61. The highest BCUT2D eigenvalue weighted by molar-refractivity contribution is 5.52. The van der Waals surface area contributed by atoms with E-state index in [0.717, 1.165) is 24.7 Å². The topological polar surface area (TPSA) is 30.5 Å². The Morgan fingerprint density at radius 3 is 2.19 bits per heavy atom. The highest BCUT2D eigenvalue weighted by Crippen LogP contribution is 2.42. The zero-order valence-electron chi connectivity index (χ0n) is 12.5. The number of nitrogens with one attached hydrogen (secondary N) is 1. The van der Waals surface area contributed by atoms with Crippen LogP contribution in [0.1, 0.15) is 31.0 Å². The zero-order chi connectivity index (χ0) is 14.7. The number of ether oxygens (including phenoxy) is 2. The van der Waals surface area contributed by atoms with E-state index in [2.05, 4.69) is 36.5 Å². The predicted molar refractivity (Wildman–Crippen MR) is 83.9 cm³/mol. The smallest absolute Gasteiger partial charge is 0.132 e. The van der Waals surface area contributed by atoms with E-state index in [4.69, 9.17) is 9.47 Å². The molecule has 0 fully saturated rings. The van der Waals surface area contributed by atoms with Crippen LogP contribution >= 0.6 is 0 Å². The van der Waals surface area contributed by atoms with Gasteiger partial charge in [-0.3, -0.25) is 0 Å². The fourth-order valence-electron chi connectivity index (χ4n) is 2.76. The largest absolute Gasteiger partial charge is 0.457 e. The molecule has 110 valence electrons. The van der Waals surface area contributed by atoms with Gasteiger partial charge < -0.3 is 14.8 Å². The van der Waals surface area contributed by atoms with Crippen LogP contribution in [0.5, 0.6) is 11.5 Å². The van der Waals surface area contributed by atoms with E-state index in [0.29, 0.717) is 0 Å². The molecule has 1 heterocycles. The number of rotatable bonds is 5. The molecule has 21 heavy (non-hydrogen) atoms. The fourth-order valence-corrected chi connectivity index (χ4v) is 2.76. The van der Waals surface area contributed by atoms with Gasteiger partial charge in [0.05, 0.1) is 12.1 Å². The summed E-state index contributed by atoms with van der Waals surface area (Å²) in [4.78, 5) is 0. The summed E-state index contributed by atoms with van der Waals surface area (Å²) >= 11 is 0. The van der Waals surface area contributed by atoms with Gasteiger partial charge in [-0.05, 0) is 26.0 Å². The van der Waals surface area contributed by atoms with Crippen molar-refractivity contribution in [1.29, 1.82) is 0 Å². The van der Waals surface area contributed by atoms with E-state index in [1.165, 1.54) is 11.1 Å². The van der Waals surface area contributed by atoms with Crippen molar-refractivity contribution in [2.45, 2.75) is 26.0 Å². The van der Waals surface area contributed by atoms with Gasteiger partial charge in [-0.15, -0.1) is 0 Å². The molecule has 0 aromatic heterocycles. The highest BCUT2D eigenvalue weighted by atomic mass is 16.5. The third kappa shape index (κ3) is 2.94. The Labute approximate surface area is 125 Å². The first-order valence-corrected chi connectivity index (χ1v) is 7.50. The number of hydrogen-bond donors (Lipinski definition) is 1. The van der Waals surface area contributed by atoms with Crippen molar-refractivity contribution < 1.29 is 9.47 Å². The summed E-state index contributed by atoms with van der Waals surface area (Å²) in [5.41, 5.74) is 2.36. The van der Waals surface area contributed by atoms with Gasteiger partial charge in [-0.1, -0.05) is 36.4 Å². The van der Waals surface area contributed by atoms with Crippen LogP contribution in [0, 0.1) is 0 Å². The molecule has 3 rings (SSSR count). The normalized spacial score (nSPS) is 15.0. The first-order valence-electron chi connectivity index (χ1n) is 7.50. The van der Waals surface area contributed by atoms with E-state index < -0.39 is 0 Å². The molecule has 0 saturated carbocycles. The number of hydrogen-bond acceptors (Lipinski definition) is 3. The molecule has 2 aromatic carbocycles. The van der Waals surface area contributed by atoms with Crippen LogP contribution < -0.4 is 10.1 Å². The lowest BCUT2D eigenvalue weighted by Crippen LogP contribution is -2.32. The molecular weight excluding hydrogens is 262 g/mol. The molecule has 0 spiro atoms. The molecule has 3 nitrogen and oxygen atoms in total. The first kappa shape index (κ1) is 14.1. The summed E-state index contributed by atoms with van der Waals surface area (Å²) in [5.74, 6) is 1.86. The van der Waals surface area contributed by atoms with Crippen molar-refractivity contribution in [3.63, 3.8) is 0 Å². The molecule has 1 unspecified atom stereocenters. The third-order valence-corrected chi connectivity index (χ3v) is 3.74. The molecule has 1 aliphatic rings. The van der Waals surface area contributed by atoms with Crippen molar-refractivity contribution in [2.75, 3.05) is 13.2 Å². The molecule has 0 bridgehead atoms. The van der Waals surface area contributed by atoms with Crippen molar-refractivity contribution in [1.82, 2.24) is 5.32 Å². The van der Waals surface area contributed by atoms with Gasteiger partial charge in [0, 0.05) is 24.3 Å². The lowest BCUT2D eigenvalue weighted by molar-refractivity contribution is 0.0746. The maximum absolute atomic E-state index is 5.99. The van der Waals surface area contributed by atoms with E-state index in [9.17, 15) is 0 Å².